The van der Waals surface area contributed by atoms with E-state index in [0.29, 0.717) is 0 Å². The van der Waals surface area contributed by atoms with Crippen molar-refractivity contribution in [1.29, 1.82) is 0 Å². The number of ether oxygens (including phenoxy) is 1. The Morgan fingerprint density at radius 1 is 1.37 bits per heavy atom. The van der Waals surface area contributed by atoms with Gasteiger partial charge < -0.3 is 9.15 Å². The molecule has 0 atom stereocenters. The Morgan fingerprint density at radius 2 is 2.16 bits per heavy atom. The van der Waals surface area contributed by atoms with Crippen molar-refractivity contribution in [3.05, 3.63) is 47.2 Å². The molecule has 0 saturated heterocycles. The molecule has 0 unspecified atom stereocenters. The number of halogens is 2. The van der Waals surface area contributed by atoms with Gasteiger partial charge in [-0.1, -0.05) is 6.07 Å². The van der Waals surface area contributed by atoms with Crippen molar-refractivity contribution in [1.82, 2.24) is 10.2 Å². The Kier molecular flexibility index (Phi) is 3.84. The molecular weight excluding hydrogens is 258 g/mol. The molecule has 5 nitrogen and oxygen atoms in total. The van der Waals surface area contributed by atoms with Gasteiger partial charge in [0.2, 0.25) is 5.89 Å². The predicted octanol–water partition coefficient (Wildman–Crippen LogP) is 2.12. The van der Waals surface area contributed by atoms with Crippen LogP contribution in [-0.2, 0) is 11.2 Å². The van der Waals surface area contributed by atoms with E-state index in [-0.39, 0.29) is 30.4 Å². The van der Waals surface area contributed by atoms with Crippen LogP contribution in [0.15, 0.2) is 22.6 Å². The zero-order valence-electron chi connectivity index (χ0n) is 10.0. The molecule has 0 saturated carbocycles. The topological polar surface area (TPSA) is 65.2 Å². The van der Waals surface area contributed by atoms with E-state index < -0.39 is 17.6 Å². The molecule has 0 aliphatic rings. The number of aromatic nitrogens is 2. The van der Waals surface area contributed by atoms with Crippen molar-refractivity contribution in [2.75, 3.05) is 6.61 Å². The van der Waals surface area contributed by atoms with Crippen LogP contribution < -0.4 is 0 Å². The van der Waals surface area contributed by atoms with Crippen LogP contribution in [0.5, 0.6) is 0 Å². The second-order valence-corrected chi connectivity index (χ2v) is 3.63. The maximum absolute atomic E-state index is 13.4. The summed E-state index contributed by atoms with van der Waals surface area (Å²) in [6.07, 6.45) is -0.0292. The summed E-state index contributed by atoms with van der Waals surface area (Å²) in [6.45, 7) is 1.83. The quantitative estimate of drug-likeness (QED) is 0.794. The SMILES string of the molecule is CCOC(=O)c1nnc(Cc2ccc(F)cc2F)o1. The molecule has 2 rings (SSSR count). The molecule has 19 heavy (non-hydrogen) atoms. The first-order chi connectivity index (χ1) is 9.10. The average Bonchev–Trinajstić information content (AvgIpc) is 2.82. The number of carbonyl (C=O) groups excluding carboxylic acids is 1. The monoisotopic (exact) mass is 268 g/mol. The third-order valence-corrected chi connectivity index (χ3v) is 2.27. The number of nitrogens with zero attached hydrogens (tertiary/aromatic N) is 2. The Hall–Kier alpha value is -2.31. The molecule has 0 fully saturated rings. The molecule has 0 aliphatic heterocycles. The normalized spacial score (nSPS) is 10.5. The average molecular weight is 268 g/mol. The lowest BCUT2D eigenvalue weighted by Gasteiger charge is -1.99. The van der Waals surface area contributed by atoms with Crippen molar-refractivity contribution >= 4 is 5.97 Å². The zero-order chi connectivity index (χ0) is 13.8. The summed E-state index contributed by atoms with van der Waals surface area (Å²) >= 11 is 0. The highest BCUT2D eigenvalue weighted by Crippen LogP contribution is 2.14. The summed E-state index contributed by atoms with van der Waals surface area (Å²) in [4.78, 5) is 11.3. The van der Waals surface area contributed by atoms with Gasteiger partial charge in [-0.3, -0.25) is 0 Å². The lowest BCUT2D eigenvalue weighted by atomic mass is 10.1. The number of hydrogen-bond acceptors (Lipinski definition) is 5. The first-order valence-electron chi connectivity index (χ1n) is 5.53. The standard InChI is InChI=1S/C12H10F2N2O3/c1-2-18-12(17)11-16-15-10(19-11)5-7-3-4-8(13)6-9(7)14/h3-4,6H,2,5H2,1H3. The van der Waals surface area contributed by atoms with E-state index in [9.17, 15) is 13.6 Å². The Morgan fingerprint density at radius 3 is 2.84 bits per heavy atom. The molecule has 0 aliphatic carbocycles. The largest absolute Gasteiger partial charge is 0.459 e. The minimum Gasteiger partial charge on any atom is -0.459 e. The van der Waals surface area contributed by atoms with Gasteiger partial charge in [0.25, 0.3) is 0 Å². The lowest BCUT2D eigenvalue weighted by Crippen LogP contribution is -2.04. The van der Waals surface area contributed by atoms with E-state index in [0.717, 1.165) is 12.1 Å². The Bertz CT molecular complexity index is 598. The molecule has 100 valence electrons. The van der Waals surface area contributed by atoms with Gasteiger partial charge in [-0.15, -0.1) is 10.2 Å². The highest BCUT2D eigenvalue weighted by atomic mass is 19.1. The fourth-order valence-corrected chi connectivity index (χ4v) is 1.43. The van der Waals surface area contributed by atoms with E-state index in [4.69, 9.17) is 4.42 Å². The molecule has 0 radical (unpaired) electrons. The number of hydrogen-bond donors (Lipinski definition) is 0. The molecule has 1 heterocycles. The molecule has 1 aromatic carbocycles. The smallest absolute Gasteiger partial charge is 0.396 e. The van der Waals surface area contributed by atoms with Crippen LogP contribution in [-0.4, -0.2) is 22.8 Å². The Labute approximate surface area is 107 Å². The van der Waals surface area contributed by atoms with Crippen molar-refractivity contribution in [3.63, 3.8) is 0 Å². The molecular formula is C12H10F2N2O3. The van der Waals surface area contributed by atoms with E-state index in [2.05, 4.69) is 14.9 Å². The van der Waals surface area contributed by atoms with Crippen LogP contribution in [0.2, 0.25) is 0 Å². The van der Waals surface area contributed by atoms with Gasteiger partial charge in [0.05, 0.1) is 13.0 Å². The van der Waals surface area contributed by atoms with Crippen molar-refractivity contribution in [2.24, 2.45) is 0 Å². The third-order valence-electron chi connectivity index (χ3n) is 2.27. The molecule has 7 heteroatoms. The maximum atomic E-state index is 13.4. The predicted molar refractivity (Wildman–Crippen MR) is 59.4 cm³/mol. The molecule has 0 bridgehead atoms. The van der Waals surface area contributed by atoms with E-state index in [1.54, 1.807) is 6.92 Å². The Balaban J connectivity index is 2.13. The summed E-state index contributed by atoms with van der Waals surface area (Å²) in [5.41, 5.74) is 0.195. The number of esters is 1. The fourth-order valence-electron chi connectivity index (χ4n) is 1.43. The summed E-state index contributed by atoms with van der Waals surface area (Å²) in [5, 5.41) is 7.09. The molecule has 2 aromatic rings. The van der Waals surface area contributed by atoms with Crippen LogP contribution >= 0.6 is 0 Å². The molecule has 1 aromatic heterocycles. The van der Waals surface area contributed by atoms with Crippen LogP contribution in [0, 0.1) is 11.6 Å². The minimum absolute atomic E-state index is 0.0292. The molecule has 0 N–H and O–H groups in total. The highest BCUT2D eigenvalue weighted by molar-refractivity contribution is 5.83. The summed E-state index contributed by atoms with van der Waals surface area (Å²) in [6, 6.07) is 3.16. The number of carbonyl (C=O) groups is 1. The van der Waals surface area contributed by atoms with Gasteiger partial charge >= 0.3 is 11.9 Å². The second-order valence-electron chi connectivity index (χ2n) is 3.63. The summed E-state index contributed by atoms with van der Waals surface area (Å²) in [5.74, 6) is -2.36. The zero-order valence-corrected chi connectivity index (χ0v) is 10.0. The maximum Gasteiger partial charge on any atom is 0.396 e. The summed E-state index contributed by atoms with van der Waals surface area (Å²) in [7, 11) is 0. The van der Waals surface area contributed by atoms with Gasteiger partial charge in [0.1, 0.15) is 11.6 Å². The van der Waals surface area contributed by atoms with Gasteiger partial charge in [-0.2, -0.15) is 0 Å². The molecule has 0 spiro atoms. The van der Waals surface area contributed by atoms with Crippen LogP contribution in [0.4, 0.5) is 8.78 Å². The summed E-state index contributed by atoms with van der Waals surface area (Å²) < 4.78 is 35.8. The minimum atomic E-state index is -0.735. The van der Waals surface area contributed by atoms with Crippen LogP contribution in [0.1, 0.15) is 29.1 Å². The van der Waals surface area contributed by atoms with Crippen LogP contribution in [0.3, 0.4) is 0 Å². The lowest BCUT2D eigenvalue weighted by molar-refractivity contribution is 0.0479. The van der Waals surface area contributed by atoms with E-state index >= 15 is 0 Å². The van der Waals surface area contributed by atoms with Gasteiger partial charge in [0, 0.05) is 6.07 Å². The van der Waals surface area contributed by atoms with Gasteiger partial charge in [-0.05, 0) is 18.6 Å². The van der Waals surface area contributed by atoms with Crippen LogP contribution in [0.25, 0.3) is 0 Å². The van der Waals surface area contributed by atoms with Crippen molar-refractivity contribution in [2.45, 2.75) is 13.3 Å². The second kappa shape index (κ2) is 5.55. The van der Waals surface area contributed by atoms with Gasteiger partial charge in [-0.25, -0.2) is 13.6 Å². The van der Waals surface area contributed by atoms with Crippen molar-refractivity contribution in [3.8, 4) is 0 Å². The number of benzene rings is 1. The third kappa shape index (κ3) is 3.12. The first kappa shape index (κ1) is 13.1. The van der Waals surface area contributed by atoms with E-state index in [1.807, 2.05) is 0 Å². The fraction of sp³-hybridized carbons (Fsp3) is 0.250. The van der Waals surface area contributed by atoms with Crippen molar-refractivity contribution < 1.29 is 22.7 Å². The van der Waals surface area contributed by atoms with Gasteiger partial charge in [0.15, 0.2) is 0 Å². The van der Waals surface area contributed by atoms with E-state index in [1.165, 1.54) is 6.07 Å². The highest BCUT2D eigenvalue weighted by Gasteiger charge is 2.17. The molecule has 0 amide bonds. The first-order valence-corrected chi connectivity index (χ1v) is 5.53. The number of rotatable bonds is 4.